The van der Waals surface area contributed by atoms with E-state index in [0.29, 0.717) is 27.5 Å². The highest BCUT2D eigenvalue weighted by Gasteiger charge is 2.12. The maximum atomic E-state index is 12.4. The highest BCUT2D eigenvalue weighted by atomic mass is 79.9. The van der Waals surface area contributed by atoms with Gasteiger partial charge < -0.3 is 10.6 Å². The molecule has 7 heteroatoms. The van der Waals surface area contributed by atoms with Crippen molar-refractivity contribution in [2.45, 2.75) is 0 Å². The summed E-state index contributed by atoms with van der Waals surface area (Å²) < 4.78 is 1.49. The van der Waals surface area contributed by atoms with E-state index in [-0.39, 0.29) is 11.8 Å². The first-order valence-corrected chi connectivity index (χ1v) is 9.83. The first kappa shape index (κ1) is 19.6. The van der Waals surface area contributed by atoms with Gasteiger partial charge in [-0.3, -0.25) is 9.59 Å². The molecule has 0 aliphatic carbocycles. The summed E-state index contributed by atoms with van der Waals surface area (Å²) in [6.45, 7) is 0. The predicted molar refractivity (Wildman–Crippen MR) is 116 cm³/mol. The smallest absolute Gasteiger partial charge is 0.257 e. The summed E-state index contributed by atoms with van der Waals surface area (Å²) in [7, 11) is 0. The topological polar surface area (TPSA) is 58.2 Å². The first-order chi connectivity index (χ1) is 12.9. The lowest BCUT2D eigenvalue weighted by atomic mass is 10.2. The quantitative estimate of drug-likeness (QED) is 0.430. The SMILES string of the molecule is O=C(Nc1ccc(NC(=O)c2ccccc2Br)cc1)c1cc(Br)ccc1Cl. The largest absolute Gasteiger partial charge is 0.322 e. The van der Waals surface area contributed by atoms with Crippen LogP contribution in [-0.2, 0) is 0 Å². The van der Waals surface area contributed by atoms with Gasteiger partial charge in [-0.15, -0.1) is 0 Å². The minimum atomic E-state index is -0.314. The minimum Gasteiger partial charge on any atom is -0.322 e. The third kappa shape index (κ3) is 4.97. The summed E-state index contributed by atoms with van der Waals surface area (Å²) in [6, 6.07) is 19.1. The fourth-order valence-electron chi connectivity index (χ4n) is 2.35. The van der Waals surface area contributed by atoms with Crippen LogP contribution in [0.4, 0.5) is 11.4 Å². The standard InChI is InChI=1S/C20H13Br2ClN2O2/c21-12-5-10-18(23)16(11-12)20(27)25-14-8-6-13(7-9-14)24-19(26)15-3-1-2-4-17(15)22/h1-11H,(H,24,26)(H,25,27). The van der Waals surface area contributed by atoms with Gasteiger partial charge in [0.05, 0.1) is 16.1 Å². The van der Waals surface area contributed by atoms with Crippen molar-refractivity contribution in [3.63, 3.8) is 0 Å². The molecule has 0 atom stereocenters. The third-order valence-electron chi connectivity index (χ3n) is 3.69. The van der Waals surface area contributed by atoms with Gasteiger partial charge in [-0.2, -0.15) is 0 Å². The molecular formula is C20H13Br2ClN2O2. The molecule has 2 amide bonds. The molecule has 0 fully saturated rings. The van der Waals surface area contributed by atoms with Crippen LogP contribution in [0, 0.1) is 0 Å². The molecule has 0 spiro atoms. The van der Waals surface area contributed by atoms with Crippen molar-refractivity contribution >= 4 is 66.6 Å². The van der Waals surface area contributed by atoms with Gasteiger partial charge in [0.15, 0.2) is 0 Å². The summed E-state index contributed by atoms with van der Waals surface area (Å²) in [5, 5.41) is 5.97. The highest BCUT2D eigenvalue weighted by molar-refractivity contribution is 9.10. The van der Waals surface area contributed by atoms with Gasteiger partial charge in [0.25, 0.3) is 11.8 Å². The molecule has 4 nitrogen and oxygen atoms in total. The minimum absolute atomic E-state index is 0.222. The molecule has 3 aromatic carbocycles. The number of hydrogen-bond acceptors (Lipinski definition) is 2. The van der Waals surface area contributed by atoms with Crippen LogP contribution in [0.2, 0.25) is 5.02 Å². The molecule has 0 aliphatic heterocycles. The highest BCUT2D eigenvalue weighted by Crippen LogP contribution is 2.23. The van der Waals surface area contributed by atoms with E-state index >= 15 is 0 Å². The summed E-state index contributed by atoms with van der Waals surface area (Å²) >= 11 is 12.8. The number of anilines is 2. The van der Waals surface area contributed by atoms with Gasteiger partial charge in [-0.25, -0.2) is 0 Å². The molecule has 0 aliphatic rings. The van der Waals surface area contributed by atoms with Crippen molar-refractivity contribution in [3.05, 3.63) is 91.8 Å². The van der Waals surface area contributed by atoms with Gasteiger partial charge in [-0.05, 0) is 70.5 Å². The van der Waals surface area contributed by atoms with Crippen molar-refractivity contribution in [2.75, 3.05) is 10.6 Å². The fraction of sp³-hybridized carbons (Fsp3) is 0. The summed E-state index contributed by atoms with van der Waals surface area (Å²) in [5.41, 5.74) is 2.13. The van der Waals surface area contributed by atoms with Crippen LogP contribution in [0.5, 0.6) is 0 Å². The van der Waals surface area contributed by atoms with Gasteiger partial charge in [0.2, 0.25) is 0 Å². The zero-order chi connectivity index (χ0) is 19.4. The van der Waals surface area contributed by atoms with Crippen LogP contribution in [0.25, 0.3) is 0 Å². The first-order valence-electron chi connectivity index (χ1n) is 7.86. The molecule has 3 rings (SSSR count). The van der Waals surface area contributed by atoms with E-state index in [9.17, 15) is 9.59 Å². The second kappa shape index (κ2) is 8.69. The van der Waals surface area contributed by atoms with E-state index in [1.165, 1.54) is 0 Å². The third-order valence-corrected chi connectivity index (χ3v) is 5.21. The van der Waals surface area contributed by atoms with Crippen LogP contribution < -0.4 is 10.6 Å². The Hall–Kier alpha value is -2.15. The fourth-order valence-corrected chi connectivity index (χ4v) is 3.38. The van der Waals surface area contributed by atoms with Crippen LogP contribution >= 0.6 is 43.5 Å². The van der Waals surface area contributed by atoms with Crippen LogP contribution in [-0.4, -0.2) is 11.8 Å². The zero-order valence-electron chi connectivity index (χ0n) is 13.8. The monoisotopic (exact) mass is 506 g/mol. The lowest BCUT2D eigenvalue weighted by Gasteiger charge is -2.10. The molecule has 3 aromatic rings. The average molecular weight is 509 g/mol. The van der Waals surface area contributed by atoms with Crippen LogP contribution in [0.1, 0.15) is 20.7 Å². The van der Waals surface area contributed by atoms with Crippen molar-refractivity contribution < 1.29 is 9.59 Å². The molecule has 0 saturated carbocycles. The zero-order valence-corrected chi connectivity index (χ0v) is 17.7. The lowest BCUT2D eigenvalue weighted by Crippen LogP contribution is -2.14. The molecule has 0 saturated heterocycles. The van der Waals surface area contributed by atoms with Crippen molar-refractivity contribution in [1.29, 1.82) is 0 Å². The maximum absolute atomic E-state index is 12.4. The Morgan fingerprint density at radius 3 is 1.89 bits per heavy atom. The Morgan fingerprint density at radius 1 is 0.741 bits per heavy atom. The molecule has 0 heterocycles. The van der Waals surface area contributed by atoms with E-state index in [1.54, 1.807) is 60.7 Å². The predicted octanol–water partition coefficient (Wildman–Crippen LogP) is 6.37. The number of carbonyl (C=O) groups is 2. The second-order valence-corrected chi connectivity index (χ2v) is 7.77. The second-order valence-electron chi connectivity index (χ2n) is 5.59. The maximum Gasteiger partial charge on any atom is 0.257 e. The molecule has 0 unspecified atom stereocenters. The van der Waals surface area contributed by atoms with Crippen molar-refractivity contribution in [1.82, 2.24) is 0 Å². The van der Waals surface area contributed by atoms with E-state index < -0.39 is 0 Å². The Labute approximate surface area is 178 Å². The van der Waals surface area contributed by atoms with Crippen molar-refractivity contribution in [2.24, 2.45) is 0 Å². The summed E-state index contributed by atoms with van der Waals surface area (Å²) in [6.07, 6.45) is 0. The number of amides is 2. The number of hydrogen-bond donors (Lipinski definition) is 2. The number of halogens is 3. The Balaban J connectivity index is 1.68. The van der Waals surface area contributed by atoms with Crippen LogP contribution in [0.15, 0.2) is 75.7 Å². The molecule has 0 aromatic heterocycles. The number of rotatable bonds is 4. The van der Waals surface area contributed by atoms with Crippen molar-refractivity contribution in [3.8, 4) is 0 Å². The van der Waals surface area contributed by atoms with E-state index in [0.717, 1.165) is 8.95 Å². The van der Waals surface area contributed by atoms with E-state index in [4.69, 9.17) is 11.6 Å². The summed E-state index contributed by atoms with van der Waals surface area (Å²) in [4.78, 5) is 24.7. The average Bonchev–Trinajstić information content (AvgIpc) is 2.65. The van der Waals surface area contributed by atoms with Gasteiger partial charge in [0.1, 0.15) is 0 Å². The molecule has 0 bridgehead atoms. The van der Waals surface area contributed by atoms with E-state index in [2.05, 4.69) is 42.5 Å². The van der Waals surface area contributed by atoms with Gasteiger partial charge >= 0.3 is 0 Å². The summed E-state index contributed by atoms with van der Waals surface area (Å²) in [5.74, 6) is -0.536. The van der Waals surface area contributed by atoms with Crippen LogP contribution in [0.3, 0.4) is 0 Å². The normalized spacial score (nSPS) is 10.3. The number of nitrogens with one attached hydrogen (secondary N) is 2. The lowest BCUT2D eigenvalue weighted by molar-refractivity contribution is 0.101. The number of carbonyl (C=O) groups excluding carboxylic acids is 2. The number of benzene rings is 3. The Morgan fingerprint density at radius 2 is 1.30 bits per heavy atom. The Bertz CT molecular complexity index is 1010. The molecular weight excluding hydrogens is 495 g/mol. The Kier molecular flexibility index (Phi) is 6.31. The molecule has 136 valence electrons. The molecule has 0 radical (unpaired) electrons. The van der Waals surface area contributed by atoms with Gasteiger partial charge in [0, 0.05) is 20.3 Å². The van der Waals surface area contributed by atoms with Gasteiger partial charge in [-0.1, -0.05) is 39.7 Å². The molecule has 2 N–H and O–H groups in total. The van der Waals surface area contributed by atoms with E-state index in [1.807, 2.05) is 6.07 Å². The molecule has 27 heavy (non-hydrogen) atoms.